The molecule has 1 rings (SSSR count). The number of carbonyl (C=O) groups is 1. The van der Waals surface area contributed by atoms with E-state index in [1.807, 2.05) is 45.2 Å². The van der Waals surface area contributed by atoms with Crippen LogP contribution in [0.15, 0.2) is 24.3 Å². The van der Waals surface area contributed by atoms with E-state index in [9.17, 15) is 4.79 Å². The summed E-state index contributed by atoms with van der Waals surface area (Å²) in [4.78, 5) is 13.8. The minimum Gasteiger partial charge on any atom is -0.469 e. The summed E-state index contributed by atoms with van der Waals surface area (Å²) in [5.74, 6) is -0.353. The number of halogens is 1. The summed E-state index contributed by atoms with van der Waals surface area (Å²) in [5.41, 5.74) is 1.14. The Bertz CT molecular complexity index is 436. The van der Waals surface area contributed by atoms with E-state index in [0.717, 1.165) is 10.6 Å². The lowest BCUT2D eigenvalue weighted by Crippen LogP contribution is -2.39. The van der Waals surface area contributed by atoms with Gasteiger partial charge in [0, 0.05) is 17.1 Å². The van der Waals surface area contributed by atoms with Crippen LogP contribution in [0.5, 0.6) is 0 Å². The van der Waals surface area contributed by atoms with Gasteiger partial charge in [0.1, 0.15) is 0 Å². The summed E-state index contributed by atoms with van der Waals surface area (Å²) in [6, 6.07) is 8.07. The van der Waals surface area contributed by atoms with E-state index in [0.29, 0.717) is 0 Å². The molecule has 0 spiro atoms. The Kier molecular flexibility index (Phi) is 5.83. The number of ether oxygens (including phenoxy) is 1. The normalized spacial score (nSPS) is 15.9. The van der Waals surface area contributed by atoms with Crippen molar-refractivity contribution >= 4 is 17.6 Å². The number of nitrogens with zero attached hydrogens (tertiary/aromatic N) is 1. The first-order valence-corrected chi connectivity index (χ1v) is 6.81. The molecule has 0 saturated heterocycles. The van der Waals surface area contributed by atoms with Gasteiger partial charge in [0.15, 0.2) is 0 Å². The maximum Gasteiger partial charge on any atom is 0.309 e. The standard InChI is InChI=1S/C15H22ClNO2/c1-10(15(18)19-5)11(2)17(4)12(3)13-7-6-8-14(16)9-13/h6-12H,1-5H3. The van der Waals surface area contributed by atoms with E-state index in [4.69, 9.17) is 16.3 Å². The van der Waals surface area contributed by atoms with Gasteiger partial charge in [-0.3, -0.25) is 9.69 Å². The van der Waals surface area contributed by atoms with Crippen LogP contribution >= 0.6 is 11.6 Å². The zero-order valence-electron chi connectivity index (χ0n) is 12.2. The van der Waals surface area contributed by atoms with Crippen LogP contribution < -0.4 is 0 Å². The van der Waals surface area contributed by atoms with Crippen molar-refractivity contribution in [3.8, 4) is 0 Å². The zero-order valence-corrected chi connectivity index (χ0v) is 12.9. The third kappa shape index (κ3) is 3.95. The summed E-state index contributed by atoms with van der Waals surface area (Å²) in [7, 11) is 3.43. The monoisotopic (exact) mass is 283 g/mol. The minimum absolute atomic E-state index is 0.0847. The van der Waals surface area contributed by atoms with Crippen LogP contribution in [-0.2, 0) is 9.53 Å². The number of carbonyl (C=O) groups excluding carboxylic acids is 1. The molecule has 4 heteroatoms. The Morgan fingerprint density at radius 3 is 2.47 bits per heavy atom. The van der Waals surface area contributed by atoms with Crippen molar-refractivity contribution < 1.29 is 9.53 Å². The molecule has 3 atom stereocenters. The summed E-state index contributed by atoms with van der Waals surface area (Å²) in [6.07, 6.45) is 0. The third-order valence-corrected chi connectivity index (χ3v) is 4.12. The molecule has 19 heavy (non-hydrogen) atoms. The van der Waals surface area contributed by atoms with Crippen molar-refractivity contribution in [2.75, 3.05) is 14.2 Å². The highest BCUT2D eigenvalue weighted by Crippen LogP contribution is 2.25. The van der Waals surface area contributed by atoms with Gasteiger partial charge in [0.25, 0.3) is 0 Å². The molecule has 0 aromatic heterocycles. The van der Waals surface area contributed by atoms with E-state index >= 15 is 0 Å². The van der Waals surface area contributed by atoms with Crippen LogP contribution in [0.25, 0.3) is 0 Å². The van der Waals surface area contributed by atoms with Crippen molar-refractivity contribution in [2.45, 2.75) is 32.9 Å². The van der Waals surface area contributed by atoms with Crippen LogP contribution in [-0.4, -0.2) is 31.1 Å². The molecule has 0 aliphatic rings. The first kappa shape index (κ1) is 16.0. The lowest BCUT2D eigenvalue weighted by Gasteiger charge is -2.33. The van der Waals surface area contributed by atoms with Gasteiger partial charge in [-0.15, -0.1) is 0 Å². The maximum atomic E-state index is 11.6. The molecule has 0 bridgehead atoms. The van der Waals surface area contributed by atoms with Gasteiger partial charge < -0.3 is 4.74 Å². The fourth-order valence-corrected chi connectivity index (χ4v) is 2.29. The third-order valence-electron chi connectivity index (χ3n) is 3.88. The van der Waals surface area contributed by atoms with Crippen LogP contribution in [0.4, 0.5) is 0 Å². The Labute approximate surface area is 120 Å². The molecule has 0 N–H and O–H groups in total. The molecule has 106 valence electrons. The number of hydrogen-bond donors (Lipinski definition) is 0. The van der Waals surface area contributed by atoms with Gasteiger partial charge in [-0.05, 0) is 38.6 Å². The largest absolute Gasteiger partial charge is 0.469 e. The molecule has 0 radical (unpaired) electrons. The number of rotatable bonds is 5. The molecule has 0 heterocycles. The van der Waals surface area contributed by atoms with Gasteiger partial charge >= 0.3 is 5.97 Å². The summed E-state index contributed by atoms with van der Waals surface area (Å²) in [6.45, 7) is 6.02. The Balaban J connectivity index is 2.81. The lowest BCUT2D eigenvalue weighted by atomic mass is 9.99. The molecule has 0 saturated carbocycles. The number of hydrogen-bond acceptors (Lipinski definition) is 3. The molecule has 0 aliphatic heterocycles. The summed E-state index contributed by atoms with van der Waals surface area (Å²) >= 11 is 6.02. The summed E-state index contributed by atoms with van der Waals surface area (Å²) in [5, 5.41) is 0.728. The summed E-state index contributed by atoms with van der Waals surface area (Å²) < 4.78 is 4.80. The first-order chi connectivity index (χ1) is 8.88. The van der Waals surface area contributed by atoms with Gasteiger partial charge in [0.2, 0.25) is 0 Å². The smallest absolute Gasteiger partial charge is 0.309 e. The van der Waals surface area contributed by atoms with Crippen molar-refractivity contribution in [3.63, 3.8) is 0 Å². The van der Waals surface area contributed by atoms with E-state index in [2.05, 4.69) is 11.8 Å². The molecule has 1 aromatic carbocycles. The second-order valence-corrected chi connectivity index (χ2v) is 5.39. The minimum atomic E-state index is -0.183. The SMILES string of the molecule is COC(=O)C(C)C(C)N(C)C(C)c1cccc(Cl)c1. The Morgan fingerprint density at radius 2 is 1.95 bits per heavy atom. The van der Waals surface area contributed by atoms with Gasteiger partial charge in [0.05, 0.1) is 13.0 Å². The van der Waals surface area contributed by atoms with Gasteiger partial charge in [-0.2, -0.15) is 0 Å². The van der Waals surface area contributed by atoms with Crippen LogP contribution in [0, 0.1) is 5.92 Å². The first-order valence-electron chi connectivity index (χ1n) is 6.43. The maximum absolute atomic E-state index is 11.6. The molecule has 0 aliphatic carbocycles. The fraction of sp³-hybridized carbons (Fsp3) is 0.533. The Hall–Kier alpha value is -1.06. The van der Waals surface area contributed by atoms with Crippen molar-refractivity contribution in [1.29, 1.82) is 0 Å². The van der Waals surface area contributed by atoms with Gasteiger partial charge in [-0.25, -0.2) is 0 Å². The molecular weight excluding hydrogens is 262 g/mol. The second kappa shape index (κ2) is 6.92. The van der Waals surface area contributed by atoms with E-state index < -0.39 is 0 Å². The number of esters is 1. The topological polar surface area (TPSA) is 29.5 Å². The highest BCUT2D eigenvalue weighted by Gasteiger charge is 2.27. The van der Waals surface area contributed by atoms with E-state index in [-0.39, 0.29) is 24.0 Å². The van der Waals surface area contributed by atoms with Gasteiger partial charge in [-0.1, -0.05) is 30.7 Å². The number of methoxy groups -OCH3 is 1. The highest BCUT2D eigenvalue weighted by atomic mass is 35.5. The number of benzene rings is 1. The Morgan fingerprint density at radius 1 is 1.32 bits per heavy atom. The van der Waals surface area contributed by atoms with E-state index in [1.54, 1.807) is 0 Å². The predicted octanol–water partition coefficient (Wildman–Crippen LogP) is 3.53. The van der Waals surface area contributed by atoms with Crippen molar-refractivity contribution in [2.24, 2.45) is 5.92 Å². The average molecular weight is 284 g/mol. The van der Waals surface area contributed by atoms with Crippen molar-refractivity contribution in [1.82, 2.24) is 4.90 Å². The molecule has 3 nitrogen and oxygen atoms in total. The predicted molar refractivity (Wildman–Crippen MR) is 78.3 cm³/mol. The lowest BCUT2D eigenvalue weighted by molar-refractivity contribution is -0.147. The fourth-order valence-electron chi connectivity index (χ4n) is 2.09. The molecule has 0 fully saturated rings. The molecule has 3 unspecified atom stereocenters. The van der Waals surface area contributed by atoms with Crippen LogP contribution in [0.1, 0.15) is 32.4 Å². The van der Waals surface area contributed by atoms with Crippen LogP contribution in [0.3, 0.4) is 0 Å². The molecule has 0 amide bonds. The second-order valence-electron chi connectivity index (χ2n) is 4.95. The molecule has 1 aromatic rings. The quantitative estimate of drug-likeness (QED) is 0.774. The van der Waals surface area contributed by atoms with Crippen LogP contribution in [0.2, 0.25) is 5.02 Å². The van der Waals surface area contributed by atoms with Crippen molar-refractivity contribution in [3.05, 3.63) is 34.9 Å². The zero-order chi connectivity index (χ0) is 14.6. The molecular formula is C15H22ClNO2. The van der Waals surface area contributed by atoms with E-state index in [1.165, 1.54) is 7.11 Å². The average Bonchev–Trinajstić information content (AvgIpc) is 2.43. The highest BCUT2D eigenvalue weighted by molar-refractivity contribution is 6.30.